The van der Waals surface area contributed by atoms with Gasteiger partial charge in [0.25, 0.3) is 5.91 Å². The topological polar surface area (TPSA) is 79.6 Å². The summed E-state index contributed by atoms with van der Waals surface area (Å²) in [7, 11) is 3.16. The number of imidazole rings is 1. The maximum Gasteiger partial charge on any atom is 0.273 e. The Balaban J connectivity index is 2.00. The Morgan fingerprint density at radius 1 is 1.74 bits per heavy atom. The van der Waals surface area contributed by atoms with Gasteiger partial charge in [0.2, 0.25) is 5.95 Å². The highest BCUT2D eigenvalue weighted by Crippen LogP contribution is 2.15. The lowest BCUT2D eigenvalue weighted by Crippen LogP contribution is -2.36. The van der Waals surface area contributed by atoms with Crippen molar-refractivity contribution in [2.24, 2.45) is 0 Å². The van der Waals surface area contributed by atoms with Gasteiger partial charge < -0.3 is 24.6 Å². The van der Waals surface area contributed by atoms with E-state index in [0.29, 0.717) is 5.69 Å². The molecule has 1 amide bonds. The number of amides is 1. The molecule has 19 heavy (non-hydrogen) atoms. The summed E-state index contributed by atoms with van der Waals surface area (Å²) in [5.74, 6) is 0.541. The highest BCUT2D eigenvalue weighted by Gasteiger charge is 2.20. The van der Waals surface area contributed by atoms with Gasteiger partial charge in [0.1, 0.15) is 5.69 Å². The summed E-state index contributed by atoms with van der Waals surface area (Å²) in [5.41, 5.74) is 0.400. The molecule has 7 heteroatoms. The molecule has 2 N–H and O–H groups in total. The molecule has 0 spiro atoms. The number of aliphatic hydroxyl groups is 1. The lowest BCUT2D eigenvalue weighted by Gasteiger charge is -2.19. The van der Waals surface area contributed by atoms with Crippen molar-refractivity contribution in [3.8, 4) is 0 Å². The zero-order valence-corrected chi connectivity index (χ0v) is 11.3. The predicted molar refractivity (Wildman–Crippen MR) is 70.2 cm³/mol. The third-order valence-corrected chi connectivity index (χ3v) is 3.04. The summed E-state index contributed by atoms with van der Waals surface area (Å²) in [6.07, 6.45) is 2.09. The number of ether oxygens (including phenoxy) is 1. The molecule has 2 heterocycles. The van der Waals surface area contributed by atoms with Gasteiger partial charge in [-0.25, -0.2) is 4.98 Å². The molecule has 1 aromatic heterocycles. The average molecular weight is 268 g/mol. The number of methoxy groups -OCH3 is 1. The van der Waals surface area contributed by atoms with Crippen molar-refractivity contribution in [2.45, 2.75) is 19.1 Å². The molecule has 0 aromatic carbocycles. The maximum absolute atomic E-state index is 12.2. The number of hydrogen-bond acceptors (Lipinski definition) is 5. The summed E-state index contributed by atoms with van der Waals surface area (Å²) in [5, 5.41) is 12.8. The fraction of sp³-hybridized carbons (Fsp3) is 0.667. The molecule has 0 aliphatic carbocycles. The Bertz CT molecular complexity index is 423. The highest BCUT2D eigenvalue weighted by molar-refractivity contribution is 5.92. The van der Waals surface area contributed by atoms with Gasteiger partial charge in [0, 0.05) is 40.0 Å². The Morgan fingerprint density at radius 2 is 2.53 bits per heavy atom. The van der Waals surface area contributed by atoms with Gasteiger partial charge in [-0.05, 0) is 6.42 Å². The second-order valence-electron chi connectivity index (χ2n) is 4.72. The highest BCUT2D eigenvalue weighted by atomic mass is 16.5. The van der Waals surface area contributed by atoms with E-state index in [1.54, 1.807) is 13.2 Å². The largest absolute Gasteiger partial charge is 0.389 e. The van der Waals surface area contributed by atoms with Crippen molar-refractivity contribution >= 4 is 11.9 Å². The van der Waals surface area contributed by atoms with Gasteiger partial charge in [-0.1, -0.05) is 0 Å². The number of fused-ring (bicyclic) bond motifs is 1. The maximum atomic E-state index is 12.2. The normalized spacial score (nSPS) is 15.5. The molecule has 2 rings (SSSR count). The van der Waals surface area contributed by atoms with Crippen molar-refractivity contribution in [1.82, 2.24) is 14.5 Å². The Hall–Kier alpha value is -1.60. The van der Waals surface area contributed by atoms with E-state index in [4.69, 9.17) is 4.74 Å². The first kappa shape index (κ1) is 13.8. The van der Waals surface area contributed by atoms with Crippen molar-refractivity contribution in [3.63, 3.8) is 0 Å². The second-order valence-corrected chi connectivity index (χ2v) is 4.72. The number of carbonyl (C=O) groups excluding carboxylic acids is 1. The number of nitrogens with zero attached hydrogens (tertiary/aromatic N) is 3. The van der Waals surface area contributed by atoms with Crippen LogP contribution in [0.15, 0.2) is 6.20 Å². The molecule has 0 fully saturated rings. The van der Waals surface area contributed by atoms with Crippen LogP contribution in [0.1, 0.15) is 16.9 Å². The Morgan fingerprint density at radius 3 is 3.21 bits per heavy atom. The Kier molecular flexibility index (Phi) is 4.39. The van der Waals surface area contributed by atoms with E-state index < -0.39 is 6.10 Å². The van der Waals surface area contributed by atoms with Crippen LogP contribution in [0.25, 0.3) is 0 Å². The predicted octanol–water partition coefficient (Wildman–Crippen LogP) is -0.222. The number of likely N-dealkylation sites (N-methyl/N-ethyl adjacent to an activating group) is 1. The molecular formula is C12H20N4O3. The molecule has 1 aliphatic rings. The lowest BCUT2D eigenvalue weighted by atomic mass is 10.3. The number of hydrogen-bond donors (Lipinski definition) is 2. The molecule has 1 aromatic rings. The smallest absolute Gasteiger partial charge is 0.273 e. The van der Waals surface area contributed by atoms with Crippen LogP contribution in [0.3, 0.4) is 0 Å². The first-order chi connectivity index (χ1) is 9.11. The van der Waals surface area contributed by atoms with E-state index >= 15 is 0 Å². The molecule has 0 saturated carbocycles. The van der Waals surface area contributed by atoms with Crippen LogP contribution in [0, 0.1) is 0 Å². The first-order valence-electron chi connectivity index (χ1n) is 6.35. The van der Waals surface area contributed by atoms with Gasteiger partial charge in [-0.15, -0.1) is 0 Å². The number of nitrogens with one attached hydrogen (secondary N) is 1. The van der Waals surface area contributed by atoms with Crippen molar-refractivity contribution in [3.05, 3.63) is 11.9 Å². The van der Waals surface area contributed by atoms with Gasteiger partial charge in [-0.2, -0.15) is 0 Å². The van der Waals surface area contributed by atoms with Crippen LogP contribution in [-0.4, -0.2) is 65.4 Å². The van der Waals surface area contributed by atoms with Crippen LogP contribution in [0.4, 0.5) is 5.95 Å². The summed E-state index contributed by atoms with van der Waals surface area (Å²) in [6, 6.07) is 0. The molecule has 1 unspecified atom stereocenters. The number of aromatic nitrogens is 2. The van der Waals surface area contributed by atoms with E-state index in [0.717, 1.165) is 25.5 Å². The molecule has 0 saturated heterocycles. The standard InChI is InChI=1S/C12H20N4O3/c1-15(6-9(17)8-19-2)11(18)10-7-16-5-3-4-13-12(16)14-10/h7,9,17H,3-6,8H2,1-2H3,(H,13,14). The third-order valence-electron chi connectivity index (χ3n) is 3.04. The molecule has 1 aliphatic heterocycles. The van der Waals surface area contributed by atoms with Crippen LogP contribution >= 0.6 is 0 Å². The quantitative estimate of drug-likeness (QED) is 0.771. The van der Waals surface area contributed by atoms with E-state index in [-0.39, 0.29) is 19.1 Å². The Labute approximate surface area is 112 Å². The summed E-state index contributed by atoms with van der Waals surface area (Å²) in [6.45, 7) is 2.19. The van der Waals surface area contributed by atoms with Gasteiger partial charge in [0.05, 0.1) is 12.7 Å². The molecule has 0 radical (unpaired) electrons. The van der Waals surface area contributed by atoms with E-state index in [1.807, 2.05) is 4.57 Å². The van der Waals surface area contributed by atoms with Gasteiger partial charge >= 0.3 is 0 Å². The summed E-state index contributed by atoms with van der Waals surface area (Å²) in [4.78, 5) is 17.9. The zero-order chi connectivity index (χ0) is 13.8. The van der Waals surface area contributed by atoms with Crippen molar-refractivity contribution < 1.29 is 14.6 Å². The van der Waals surface area contributed by atoms with Crippen LogP contribution in [-0.2, 0) is 11.3 Å². The number of anilines is 1. The van der Waals surface area contributed by atoms with Crippen molar-refractivity contribution in [2.75, 3.05) is 39.2 Å². The SMILES string of the molecule is COCC(O)CN(C)C(=O)c1cn2c(n1)NCCC2. The minimum Gasteiger partial charge on any atom is -0.389 e. The van der Waals surface area contributed by atoms with E-state index in [1.165, 1.54) is 12.0 Å². The van der Waals surface area contributed by atoms with Crippen LogP contribution < -0.4 is 5.32 Å². The third kappa shape index (κ3) is 3.24. The summed E-state index contributed by atoms with van der Waals surface area (Å²) < 4.78 is 6.78. The first-order valence-corrected chi connectivity index (χ1v) is 6.35. The lowest BCUT2D eigenvalue weighted by molar-refractivity contribution is 0.0378. The average Bonchev–Trinajstić information content (AvgIpc) is 2.81. The number of aliphatic hydroxyl groups excluding tert-OH is 1. The molecule has 1 atom stereocenters. The van der Waals surface area contributed by atoms with Gasteiger partial charge in [0.15, 0.2) is 0 Å². The minimum atomic E-state index is -0.686. The van der Waals surface area contributed by atoms with E-state index in [9.17, 15) is 9.90 Å². The number of aryl methyl sites for hydroxylation is 1. The zero-order valence-electron chi connectivity index (χ0n) is 11.3. The summed E-state index contributed by atoms with van der Waals surface area (Å²) >= 11 is 0. The molecular weight excluding hydrogens is 248 g/mol. The second kappa shape index (κ2) is 6.03. The van der Waals surface area contributed by atoms with Crippen molar-refractivity contribution in [1.29, 1.82) is 0 Å². The minimum absolute atomic E-state index is 0.196. The van der Waals surface area contributed by atoms with Gasteiger partial charge in [-0.3, -0.25) is 4.79 Å². The fourth-order valence-electron chi connectivity index (χ4n) is 2.12. The monoisotopic (exact) mass is 268 g/mol. The van der Waals surface area contributed by atoms with Crippen LogP contribution in [0.5, 0.6) is 0 Å². The van der Waals surface area contributed by atoms with Crippen LogP contribution in [0.2, 0.25) is 0 Å². The fourth-order valence-corrected chi connectivity index (χ4v) is 2.12. The van der Waals surface area contributed by atoms with E-state index in [2.05, 4.69) is 10.3 Å². The number of rotatable bonds is 5. The molecule has 106 valence electrons. The molecule has 0 bridgehead atoms. The molecule has 7 nitrogen and oxygen atoms in total. The number of carbonyl (C=O) groups is 1.